The highest BCUT2D eigenvalue weighted by atomic mass is 32.2. The van der Waals surface area contributed by atoms with Crippen LogP contribution in [-0.4, -0.2) is 25.3 Å². The van der Waals surface area contributed by atoms with Gasteiger partial charge in [-0.05, 0) is 44.9 Å². The van der Waals surface area contributed by atoms with Crippen LogP contribution < -0.4 is 5.73 Å². The van der Waals surface area contributed by atoms with Crippen molar-refractivity contribution < 1.29 is 12.8 Å². The predicted octanol–water partition coefficient (Wildman–Crippen LogP) is 2.53. The van der Waals surface area contributed by atoms with Crippen LogP contribution in [0, 0.1) is 12.7 Å². The third-order valence-corrected chi connectivity index (χ3v) is 4.94. The lowest BCUT2D eigenvalue weighted by Crippen LogP contribution is -2.37. The molecule has 6 heteroatoms. The molecule has 2 N–H and O–H groups in total. The second-order valence-electron chi connectivity index (χ2n) is 4.85. The number of anilines is 1. The molecule has 0 radical (unpaired) electrons. The van der Waals surface area contributed by atoms with Crippen molar-refractivity contribution >= 4 is 15.7 Å². The standard InChI is InChI=1S/C13H21FN2O2S/c1-5-6-16(9(2)3)19(17,18)11-7-10(4)13(14)12(15)8-11/h7-9H,5-6,15H2,1-4H3. The van der Waals surface area contributed by atoms with E-state index in [9.17, 15) is 12.8 Å². The van der Waals surface area contributed by atoms with Gasteiger partial charge in [-0.15, -0.1) is 0 Å². The minimum atomic E-state index is -3.64. The molecule has 0 fully saturated rings. The number of rotatable bonds is 5. The van der Waals surface area contributed by atoms with Crippen LogP contribution in [0.4, 0.5) is 10.1 Å². The van der Waals surface area contributed by atoms with Gasteiger partial charge in [0.1, 0.15) is 5.82 Å². The molecule has 0 atom stereocenters. The fourth-order valence-electron chi connectivity index (χ4n) is 1.92. The summed E-state index contributed by atoms with van der Waals surface area (Å²) < 4.78 is 39.9. The summed E-state index contributed by atoms with van der Waals surface area (Å²) in [4.78, 5) is 0.0473. The van der Waals surface area contributed by atoms with Crippen molar-refractivity contribution in [2.75, 3.05) is 12.3 Å². The van der Waals surface area contributed by atoms with Gasteiger partial charge < -0.3 is 5.73 Å². The average molecular weight is 288 g/mol. The number of nitrogens with zero attached hydrogens (tertiary/aromatic N) is 1. The topological polar surface area (TPSA) is 63.4 Å². The van der Waals surface area contributed by atoms with Gasteiger partial charge in [0.25, 0.3) is 0 Å². The minimum absolute atomic E-state index is 0.0473. The third kappa shape index (κ3) is 3.25. The Bertz CT molecular complexity index is 533. The predicted molar refractivity (Wildman–Crippen MR) is 74.9 cm³/mol. The van der Waals surface area contributed by atoms with E-state index in [0.717, 1.165) is 0 Å². The number of halogens is 1. The van der Waals surface area contributed by atoms with E-state index in [1.54, 1.807) is 0 Å². The summed E-state index contributed by atoms with van der Waals surface area (Å²) in [6, 6.07) is 2.35. The minimum Gasteiger partial charge on any atom is -0.396 e. The molecule has 1 aromatic carbocycles. The Labute approximate surface area is 114 Å². The normalized spacial score (nSPS) is 12.4. The molecule has 0 saturated heterocycles. The molecule has 0 heterocycles. The number of hydrogen-bond acceptors (Lipinski definition) is 3. The Kier molecular flexibility index (Phi) is 4.92. The van der Waals surface area contributed by atoms with E-state index in [1.165, 1.54) is 23.4 Å². The number of benzene rings is 1. The lowest BCUT2D eigenvalue weighted by Gasteiger charge is -2.25. The van der Waals surface area contributed by atoms with E-state index in [0.29, 0.717) is 13.0 Å². The van der Waals surface area contributed by atoms with Gasteiger partial charge in [-0.25, -0.2) is 12.8 Å². The molecule has 0 amide bonds. The first-order valence-electron chi connectivity index (χ1n) is 6.29. The number of hydrogen-bond donors (Lipinski definition) is 1. The van der Waals surface area contributed by atoms with Crippen molar-refractivity contribution in [2.24, 2.45) is 0 Å². The van der Waals surface area contributed by atoms with Crippen molar-refractivity contribution in [1.29, 1.82) is 0 Å². The molecule has 0 aromatic heterocycles. The van der Waals surface area contributed by atoms with Crippen molar-refractivity contribution in [2.45, 2.75) is 45.1 Å². The maximum Gasteiger partial charge on any atom is 0.243 e. The molecule has 0 spiro atoms. The van der Waals surface area contributed by atoms with Gasteiger partial charge in [0, 0.05) is 12.6 Å². The van der Waals surface area contributed by atoms with Gasteiger partial charge in [0.05, 0.1) is 10.6 Å². The van der Waals surface area contributed by atoms with Gasteiger partial charge >= 0.3 is 0 Å². The molecule has 0 aliphatic heterocycles. The molecule has 0 saturated carbocycles. The fourth-order valence-corrected chi connectivity index (χ4v) is 3.77. The van der Waals surface area contributed by atoms with Crippen LogP contribution >= 0.6 is 0 Å². The fraction of sp³-hybridized carbons (Fsp3) is 0.538. The Morgan fingerprint density at radius 2 is 1.95 bits per heavy atom. The van der Waals surface area contributed by atoms with Crippen molar-refractivity contribution in [3.05, 3.63) is 23.5 Å². The number of nitrogen functional groups attached to an aromatic ring is 1. The Balaban J connectivity index is 3.33. The van der Waals surface area contributed by atoms with E-state index in [4.69, 9.17) is 5.73 Å². The first kappa shape index (κ1) is 15.9. The lowest BCUT2D eigenvalue weighted by molar-refractivity contribution is 0.354. The maximum absolute atomic E-state index is 13.5. The van der Waals surface area contributed by atoms with Gasteiger partial charge in [-0.2, -0.15) is 4.31 Å². The van der Waals surface area contributed by atoms with Gasteiger partial charge in [-0.1, -0.05) is 6.92 Å². The number of sulfonamides is 1. The number of nitrogens with two attached hydrogens (primary N) is 1. The van der Waals surface area contributed by atoms with Crippen LogP contribution in [0.15, 0.2) is 17.0 Å². The summed E-state index contributed by atoms with van der Waals surface area (Å²) in [5.74, 6) is -0.564. The number of aryl methyl sites for hydroxylation is 1. The summed E-state index contributed by atoms with van der Waals surface area (Å²) in [5, 5.41) is 0. The zero-order chi connectivity index (χ0) is 14.8. The molecule has 4 nitrogen and oxygen atoms in total. The summed E-state index contributed by atoms with van der Waals surface area (Å²) in [6.45, 7) is 7.47. The van der Waals surface area contributed by atoms with Crippen LogP contribution in [0.5, 0.6) is 0 Å². The van der Waals surface area contributed by atoms with E-state index in [-0.39, 0.29) is 22.2 Å². The van der Waals surface area contributed by atoms with Crippen molar-refractivity contribution in [1.82, 2.24) is 4.31 Å². The molecule has 1 aromatic rings. The molecule has 0 unspecified atom stereocenters. The van der Waals surface area contributed by atoms with Gasteiger partial charge in [-0.3, -0.25) is 0 Å². The first-order chi connectivity index (χ1) is 8.71. The zero-order valence-electron chi connectivity index (χ0n) is 11.8. The highest BCUT2D eigenvalue weighted by molar-refractivity contribution is 7.89. The van der Waals surface area contributed by atoms with Crippen LogP contribution in [0.25, 0.3) is 0 Å². The van der Waals surface area contributed by atoms with Gasteiger partial charge in [0.15, 0.2) is 0 Å². The smallest absolute Gasteiger partial charge is 0.243 e. The van der Waals surface area contributed by atoms with Crippen LogP contribution in [0.3, 0.4) is 0 Å². The van der Waals surface area contributed by atoms with Gasteiger partial charge in [0.2, 0.25) is 10.0 Å². The van der Waals surface area contributed by atoms with Crippen LogP contribution in [-0.2, 0) is 10.0 Å². The Morgan fingerprint density at radius 3 is 2.37 bits per heavy atom. The Morgan fingerprint density at radius 1 is 1.37 bits per heavy atom. The van der Waals surface area contributed by atoms with E-state index in [1.807, 2.05) is 20.8 Å². The molecular formula is C13H21FN2O2S. The maximum atomic E-state index is 13.5. The molecule has 0 aliphatic rings. The van der Waals surface area contributed by atoms with E-state index < -0.39 is 15.8 Å². The highest BCUT2D eigenvalue weighted by Gasteiger charge is 2.27. The molecule has 1 rings (SSSR count). The quantitative estimate of drug-likeness (QED) is 0.847. The molecule has 0 bridgehead atoms. The van der Waals surface area contributed by atoms with Crippen molar-refractivity contribution in [3.8, 4) is 0 Å². The van der Waals surface area contributed by atoms with Crippen LogP contribution in [0.1, 0.15) is 32.8 Å². The summed E-state index contributed by atoms with van der Waals surface area (Å²) in [6.07, 6.45) is 0.715. The molecule has 0 aliphatic carbocycles. The van der Waals surface area contributed by atoms with Crippen molar-refractivity contribution in [3.63, 3.8) is 0 Å². The summed E-state index contributed by atoms with van der Waals surface area (Å²) >= 11 is 0. The second-order valence-corrected chi connectivity index (χ2v) is 6.74. The third-order valence-electron chi connectivity index (χ3n) is 2.88. The molecule has 19 heavy (non-hydrogen) atoms. The molecular weight excluding hydrogens is 267 g/mol. The molecule has 108 valence electrons. The SMILES string of the molecule is CCCN(C(C)C)S(=O)(=O)c1cc(C)c(F)c(N)c1. The zero-order valence-corrected chi connectivity index (χ0v) is 12.6. The lowest BCUT2D eigenvalue weighted by atomic mass is 10.2. The van der Waals surface area contributed by atoms with E-state index in [2.05, 4.69) is 0 Å². The average Bonchev–Trinajstić information content (AvgIpc) is 2.31. The highest BCUT2D eigenvalue weighted by Crippen LogP contribution is 2.24. The summed E-state index contributed by atoms with van der Waals surface area (Å²) in [7, 11) is -3.64. The first-order valence-corrected chi connectivity index (χ1v) is 7.73. The monoisotopic (exact) mass is 288 g/mol. The summed E-state index contributed by atoms with van der Waals surface area (Å²) in [5.41, 5.74) is 5.61. The Hall–Kier alpha value is -1.14. The second kappa shape index (κ2) is 5.88. The van der Waals surface area contributed by atoms with E-state index >= 15 is 0 Å². The van der Waals surface area contributed by atoms with Crippen LogP contribution in [0.2, 0.25) is 0 Å². The largest absolute Gasteiger partial charge is 0.396 e.